The van der Waals surface area contributed by atoms with Gasteiger partial charge in [0.25, 0.3) is 5.91 Å². The highest BCUT2D eigenvalue weighted by Gasteiger charge is 2.20. The molecule has 2 rings (SSSR count). The molecule has 0 bridgehead atoms. The molecule has 5 heteroatoms. The number of amides is 1. The molecular formula is C12H12BrNO2S. The van der Waals surface area contributed by atoms with Gasteiger partial charge >= 0.3 is 0 Å². The van der Waals surface area contributed by atoms with Crippen molar-refractivity contribution in [3.63, 3.8) is 0 Å². The Morgan fingerprint density at radius 3 is 2.71 bits per heavy atom. The van der Waals surface area contributed by atoms with Gasteiger partial charge in [0.05, 0.1) is 5.56 Å². The molecule has 1 saturated heterocycles. The molecule has 0 N–H and O–H groups in total. The quantitative estimate of drug-likeness (QED) is 0.787. The molecule has 0 radical (unpaired) electrons. The predicted molar refractivity (Wildman–Crippen MR) is 72.8 cm³/mol. The van der Waals surface area contributed by atoms with Crippen LogP contribution in [0.3, 0.4) is 0 Å². The predicted octanol–water partition coefficient (Wildman–Crippen LogP) is 2.45. The van der Waals surface area contributed by atoms with Gasteiger partial charge in [-0.3, -0.25) is 9.59 Å². The van der Waals surface area contributed by atoms with Crippen LogP contribution in [0.15, 0.2) is 22.7 Å². The molecule has 17 heavy (non-hydrogen) atoms. The summed E-state index contributed by atoms with van der Waals surface area (Å²) in [6.45, 7) is 1.52. The minimum absolute atomic E-state index is 0.0418. The fourth-order valence-electron chi connectivity index (χ4n) is 1.76. The molecule has 0 saturated carbocycles. The maximum atomic E-state index is 12.2. The van der Waals surface area contributed by atoms with Gasteiger partial charge in [0, 0.05) is 34.6 Å². The second-order valence-electron chi connectivity index (χ2n) is 3.75. The van der Waals surface area contributed by atoms with E-state index in [0.717, 1.165) is 35.4 Å². The van der Waals surface area contributed by atoms with Gasteiger partial charge in [-0.05, 0) is 18.2 Å². The molecule has 0 spiro atoms. The molecule has 0 aliphatic carbocycles. The molecule has 0 unspecified atom stereocenters. The van der Waals surface area contributed by atoms with E-state index in [0.29, 0.717) is 11.1 Å². The first-order valence-electron chi connectivity index (χ1n) is 5.34. The number of benzene rings is 1. The third-order valence-electron chi connectivity index (χ3n) is 2.67. The van der Waals surface area contributed by atoms with E-state index in [-0.39, 0.29) is 5.91 Å². The summed E-state index contributed by atoms with van der Waals surface area (Å²) in [7, 11) is 0. The van der Waals surface area contributed by atoms with Crippen LogP contribution in [0.25, 0.3) is 0 Å². The fraction of sp³-hybridized carbons (Fsp3) is 0.333. The molecular weight excluding hydrogens is 302 g/mol. The molecule has 1 aliphatic rings. The van der Waals surface area contributed by atoms with Gasteiger partial charge in [-0.2, -0.15) is 11.8 Å². The number of hydrogen-bond acceptors (Lipinski definition) is 3. The van der Waals surface area contributed by atoms with E-state index in [1.54, 1.807) is 18.2 Å². The van der Waals surface area contributed by atoms with Gasteiger partial charge in [0.2, 0.25) is 0 Å². The van der Waals surface area contributed by atoms with Crippen LogP contribution in [0.4, 0.5) is 0 Å². The zero-order chi connectivity index (χ0) is 12.3. The summed E-state index contributed by atoms with van der Waals surface area (Å²) in [6.07, 6.45) is 0.733. The van der Waals surface area contributed by atoms with Gasteiger partial charge in [-0.1, -0.05) is 15.9 Å². The van der Waals surface area contributed by atoms with Crippen LogP contribution in [-0.2, 0) is 0 Å². The maximum Gasteiger partial charge on any atom is 0.254 e. The van der Waals surface area contributed by atoms with Crippen molar-refractivity contribution >= 4 is 39.9 Å². The zero-order valence-electron chi connectivity index (χ0n) is 9.19. The lowest BCUT2D eigenvalue weighted by Crippen LogP contribution is -2.38. The standard InChI is InChI=1S/C12H12BrNO2S/c13-10-1-2-11(9(7-10)8-15)12(16)14-3-5-17-6-4-14/h1-2,7-8H,3-6H2. The van der Waals surface area contributed by atoms with Crippen molar-refractivity contribution in [1.29, 1.82) is 0 Å². The first-order valence-corrected chi connectivity index (χ1v) is 7.29. The van der Waals surface area contributed by atoms with E-state index in [1.807, 2.05) is 16.7 Å². The van der Waals surface area contributed by atoms with E-state index >= 15 is 0 Å². The lowest BCUT2D eigenvalue weighted by Gasteiger charge is -2.26. The van der Waals surface area contributed by atoms with E-state index in [9.17, 15) is 9.59 Å². The second kappa shape index (κ2) is 5.69. The smallest absolute Gasteiger partial charge is 0.254 e. The summed E-state index contributed by atoms with van der Waals surface area (Å²) in [4.78, 5) is 25.0. The molecule has 1 amide bonds. The Hall–Kier alpha value is -0.810. The number of hydrogen-bond donors (Lipinski definition) is 0. The maximum absolute atomic E-state index is 12.2. The van der Waals surface area contributed by atoms with Gasteiger partial charge < -0.3 is 4.90 Å². The van der Waals surface area contributed by atoms with E-state index in [2.05, 4.69) is 15.9 Å². The highest BCUT2D eigenvalue weighted by atomic mass is 79.9. The number of nitrogens with zero attached hydrogens (tertiary/aromatic N) is 1. The number of aldehydes is 1. The second-order valence-corrected chi connectivity index (χ2v) is 5.89. The summed E-state index contributed by atoms with van der Waals surface area (Å²) in [5.74, 6) is 1.90. The van der Waals surface area contributed by atoms with Crippen LogP contribution < -0.4 is 0 Å². The van der Waals surface area contributed by atoms with Crippen molar-refractivity contribution in [2.24, 2.45) is 0 Å². The van der Waals surface area contributed by atoms with Crippen LogP contribution in [0, 0.1) is 0 Å². The number of rotatable bonds is 2. The van der Waals surface area contributed by atoms with Crippen molar-refractivity contribution in [2.75, 3.05) is 24.6 Å². The van der Waals surface area contributed by atoms with Crippen molar-refractivity contribution < 1.29 is 9.59 Å². The molecule has 3 nitrogen and oxygen atoms in total. The topological polar surface area (TPSA) is 37.4 Å². The highest BCUT2D eigenvalue weighted by molar-refractivity contribution is 9.10. The Morgan fingerprint density at radius 1 is 1.35 bits per heavy atom. The normalized spacial score (nSPS) is 15.7. The number of carbonyl (C=O) groups is 2. The summed E-state index contributed by atoms with van der Waals surface area (Å²) in [6, 6.07) is 5.18. The minimum Gasteiger partial charge on any atom is -0.337 e. The largest absolute Gasteiger partial charge is 0.337 e. The monoisotopic (exact) mass is 313 g/mol. The van der Waals surface area contributed by atoms with Crippen molar-refractivity contribution in [1.82, 2.24) is 4.90 Å². The Morgan fingerprint density at radius 2 is 2.06 bits per heavy atom. The molecule has 1 aliphatic heterocycles. The van der Waals surface area contributed by atoms with Gasteiger partial charge in [-0.15, -0.1) is 0 Å². The van der Waals surface area contributed by atoms with Gasteiger partial charge in [0.15, 0.2) is 6.29 Å². The van der Waals surface area contributed by atoms with Crippen LogP contribution in [0.2, 0.25) is 0 Å². The summed E-state index contributed by atoms with van der Waals surface area (Å²) < 4.78 is 0.811. The van der Waals surface area contributed by atoms with Gasteiger partial charge in [0.1, 0.15) is 0 Å². The molecule has 1 fully saturated rings. The Kier molecular flexibility index (Phi) is 4.23. The number of carbonyl (C=O) groups excluding carboxylic acids is 2. The Bertz CT molecular complexity index is 444. The first-order chi connectivity index (χ1) is 8.22. The number of thioether (sulfide) groups is 1. The third kappa shape index (κ3) is 2.90. The van der Waals surface area contributed by atoms with E-state index < -0.39 is 0 Å². The average molecular weight is 314 g/mol. The summed E-state index contributed by atoms with van der Waals surface area (Å²) in [5, 5.41) is 0. The molecule has 1 aromatic carbocycles. The van der Waals surface area contributed by atoms with Crippen molar-refractivity contribution in [3.8, 4) is 0 Å². The lowest BCUT2D eigenvalue weighted by atomic mass is 10.1. The molecule has 1 aromatic rings. The first kappa shape index (κ1) is 12.6. The van der Waals surface area contributed by atoms with Crippen molar-refractivity contribution in [3.05, 3.63) is 33.8 Å². The molecule has 0 aromatic heterocycles. The van der Waals surface area contributed by atoms with Gasteiger partial charge in [-0.25, -0.2) is 0 Å². The Balaban J connectivity index is 2.26. The molecule has 90 valence electrons. The third-order valence-corrected chi connectivity index (χ3v) is 4.11. The molecule has 0 atom stereocenters. The van der Waals surface area contributed by atoms with Crippen LogP contribution in [-0.4, -0.2) is 41.7 Å². The van der Waals surface area contributed by atoms with E-state index in [4.69, 9.17) is 0 Å². The van der Waals surface area contributed by atoms with Crippen LogP contribution in [0.1, 0.15) is 20.7 Å². The van der Waals surface area contributed by atoms with Crippen LogP contribution in [0.5, 0.6) is 0 Å². The fourth-order valence-corrected chi connectivity index (χ4v) is 3.04. The minimum atomic E-state index is -0.0418. The Labute approximate surface area is 113 Å². The lowest BCUT2D eigenvalue weighted by molar-refractivity contribution is 0.0769. The SMILES string of the molecule is O=Cc1cc(Br)ccc1C(=O)N1CCSCC1. The van der Waals surface area contributed by atoms with Crippen molar-refractivity contribution in [2.45, 2.75) is 0 Å². The highest BCUT2D eigenvalue weighted by Crippen LogP contribution is 2.19. The number of halogens is 1. The summed E-state index contributed by atoms with van der Waals surface area (Å²) >= 11 is 5.15. The summed E-state index contributed by atoms with van der Waals surface area (Å²) in [5.41, 5.74) is 0.942. The zero-order valence-corrected chi connectivity index (χ0v) is 11.6. The van der Waals surface area contributed by atoms with E-state index in [1.165, 1.54) is 0 Å². The average Bonchev–Trinajstić information content (AvgIpc) is 2.39. The van der Waals surface area contributed by atoms with Crippen LogP contribution >= 0.6 is 27.7 Å². The molecule has 1 heterocycles.